The van der Waals surface area contributed by atoms with Gasteiger partial charge in [0.1, 0.15) is 0 Å². The number of rotatable bonds is 9. The average molecular weight is 198 g/mol. The quantitative estimate of drug-likeness (QED) is 0.558. The fraction of sp³-hybridized carbons (Fsp3) is 1.00. The Labute approximate surface area is 88.6 Å². The molecule has 0 heterocycles. The van der Waals surface area contributed by atoms with E-state index >= 15 is 0 Å². The lowest BCUT2D eigenvalue weighted by Gasteiger charge is -2.09. The second-order valence-corrected chi connectivity index (χ2v) is 5.04. The summed E-state index contributed by atoms with van der Waals surface area (Å²) in [5.41, 5.74) is 6.10. The molecule has 2 nitrogen and oxygen atoms in total. The highest BCUT2D eigenvalue weighted by Gasteiger charge is 2.36. The van der Waals surface area contributed by atoms with Gasteiger partial charge in [0.2, 0.25) is 0 Å². The van der Waals surface area contributed by atoms with Crippen molar-refractivity contribution in [3.05, 3.63) is 0 Å². The maximum atomic E-state index is 5.43. The Morgan fingerprint density at radius 2 is 1.71 bits per heavy atom. The van der Waals surface area contributed by atoms with Gasteiger partial charge in [-0.05, 0) is 44.2 Å². The number of nitrogens with two attached hydrogens (primary N) is 1. The largest absolute Gasteiger partial charge is 0.330 e. The topological polar surface area (TPSA) is 38.0 Å². The summed E-state index contributed by atoms with van der Waals surface area (Å²) >= 11 is 0. The lowest BCUT2D eigenvalue weighted by Crippen LogP contribution is -2.22. The van der Waals surface area contributed by atoms with Crippen LogP contribution in [0.25, 0.3) is 0 Å². The van der Waals surface area contributed by atoms with Crippen molar-refractivity contribution in [2.24, 2.45) is 11.1 Å². The van der Waals surface area contributed by atoms with E-state index in [1.54, 1.807) is 0 Å². The zero-order valence-electron chi connectivity index (χ0n) is 9.65. The van der Waals surface area contributed by atoms with Crippen molar-refractivity contribution in [1.29, 1.82) is 0 Å². The smallest absolute Gasteiger partial charge is 0.000517 e. The number of unbranched alkanes of at least 4 members (excludes halogenated alkanes) is 4. The molecule has 0 aromatic carbocycles. The van der Waals surface area contributed by atoms with E-state index in [0.29, 0.717) is 5.41 Å². The lowest BCUT2D eigenvalue weighted by atomic mass is 10.1. The first-order valence-electron chi connectivity index (χ1n) is 6.18. The molecule has 0 bridgehead atoms. The van der Waals surface area contributed by atoms with Gasteiger partial charge >= 0.3 is 0 Å². The molecule has 0 saturated heterocycles. The Kier molecular flexibility index (Phi) is 5.49. The highest BCUT2D eigenvalue weighted by molar-refractivity contribution is 4.90. The van der Waals surface area contributed by atoms with E-state index in [1.807, 2.05) is 0 Å². The molecule has 1 aliphatic rings. The fourth-order valence-corrected chi connectivity index (χ4v) is 1.70. The van der Waals surface area contributed by atoms with Crippen LogP contribution in [0, 0.1) is 5.41 Å². The van der Waals surface area contributed by atoms with Gasteiger partial charge in [-0.1, -0.05) is 26.2 Å². The summed E-state index contributed by atoms with van der Waals surface area (Å²) in [7, 11) is 0. The van der Waals surface area contributed by atoms with E-state index in [-0.39, 0.29) is 0 Å². The molecule has 1 fully saturated rings. The average Bonchev–Trinajstić information content (AvgIpc) is 2.89. The Morgan fingerprint density at radius 1 is 1.07 bits per heavy atom. The summed E-state index contributed by atoms with van der Waals surface area (Å²) in [5.74, 6) is 0. The molecule has 1 rings (SSSR count). The van der Waals surface area contributed by atoms with Crippen LogP contribution in [-0.4, -0.2) is 19.6 Å². The van der Waals surface area contributed by atoms with Crippen molar-refractivity contribution in [2.45, 2.75) is 51.9 Å². The summed E-state index contributed by atoms with van der Waals surface area (Å²) in [6.07, 6.45) is 9.42. The van der Waals surface area contributed by atoms with Crippen LogP contribution in [-0.2, 0) is 0 Å². The van der Waals surface area contributed by atoms with E-state index in [9.17, 15) is 0 Å². The molecule has 0 unspecified atom stereocenters. The van der Waals surface area contributed by atoms with Crippen LogP contribution >= 0.6 is 0 Å². The minimum atomic E-state index is 0.666. The predicted octanol–water partition coefficient (Wildman–Crippen LogP) is 2.29. The van der Waals surface area contributed by atoms with Gasteiger partial charge in [-0.15, -0.1) is 0 Å². The van der Waals surface area contributed by atoms with Gasteiger partial charge in [0, 0.05) is 6.54 Å². The van der Waals surface area contributed by atoms with Crippen molar-refractivity contribution in [1.82, 2.24) is 5.32 Å². The first kappa shape index (κ1) is 12.0. The van der Waals surface area contributed by atoms with Gasteiger partial charge in [0.05, 0.1) is 0 Å². The molecule has 0 radical (unpaired) electrons. The van der Waals surface area contributed by atoms with Crippen molar-refractivity contribution >= 4 is 0 Å². The van der Waals surface area contributed by atoms with E-state index < -0.39 is 0 Å². The maximum absolute atomic E-state index is 5.43. The second kappa shape index (κ2) is 6.41. The zero-order chi connectivity index (χ0) is 10.3. The van der Waals surface area contributed by atoms with Gasteiger partial charge in [0.15, 0.2) is 0 Å². The van der Waals surface area contributed by atoms with Crippen LogP contribution in [0.4, 0.5) is 0 Å². The zero-order valence-corrected chi connectivity index (χ0v) is 9.65. The minimum Gasteiger partial charge on any atom is -0.330 e. The Morgan fingerprint density at radius 3 is 2.36 bits per heavy atom. The van der Waals surface area contributed by atoms with Gasteiger partial charge in [-0.3, -0.25) is 0 Å². The first-order valence-corrected chi connectivity index (χ1v) is 6.18. The standard InChI is InChI=1S/C12H26N2/c1-12(7-8-12)11-14-10-6-4-2-3-5-9-13/h14H,2-11,13H2,1H3. The Hall–Kier alpha value is -0.0800. The third-order valence-corrected chi connectivity index (χ3v) is 3.21. The van der Waals surface area contributed by atoms with Crippen molar-refractivity contribution in [3.8, 4) is 0 Å². The van der Waals surface area contributed by atoms with Crippen molar-refractivity contribution < 1.29 is 0 Å². The summed E-state index contributed by atoms with van der Waals surface area (Å²) < 4.78 is 0. The molecule has 0 aromatic rings. The highest BCUT2D eigenvalue weighted by Crippen LogP contribution is 2.43. The molecule has 0 aromatic heterocycles. The van der Waals surface area contributed by atoms with Gasteiger partial charge in [-0.25, -0.2) is 0 Å². The molecule has 1 aliphatic carbocycles. The molecular weight excluding hydrogens is 172 g/mol. The maximum Gasteiger partial charge on any atom is 0.000517 e. The first-order chi connectivity index (χ1) is 6.77. The van der Waals surface area contributed by atoms with Crippen molar-refractivity contribution in [3.63, 3.8) is 0 Å². The van der Waals surface area contributed by atoms with Crippen LogP contribution < -0.4 is 11.1 Å². The molecule has 0 amide bonds. The molecule has 3 N–H and O–H groups in total. The molecule has 0 aliphatic heterocycles. The summed E-state index contributed by atoms with van der Waals surface area (Å²) in [4.78, 5) is 0. The summed E-state index contributed by atoms with van der Waals surface area (Å²) in [6.45, 7) is 5.67. The Bertz CT molecular complexity index is 141. The van der Waals surface area contributed by atoms with E-state index in [2.05, 4.69) is 12.2 Å². The molecule has 2 heteroatoms. The molecule has 0 atom stereocenters. The minimum absolute atomic E-state index is 0.666. The van der Waals surface area contributed by atoms with Crippen LogP contribution in [0.15, 0.2) is 0 Å². The third-order valence-electron chi connectivity index (χ3n) is 3.21. The second-order valence-electron chi connectivity index (χ2n) is 5.04. The highest BCUT2D eigenvalue weighted by atomic mass is 14.9. The monoisotopic (exact) mass is 198 g/mol. The van der Waals surface area contributed by atoms with Crippen LogP contribution in [0.2, 0.25) is 0 Å². The normalized spacial score (nSPS) is 18.4. The van der Waals surface area contributed by atoms with E-state index in [1.165, 1.54) is 58.0 Å². The van der Waals surface area contributed by atoms with Crippen LogP contribution in [0.1, 0.15) is 51.9 Å². The van der Waals surface area contributed by atoms with Crippen LogP contribution in [0.3, 0.4) is 0 Å². The number of hydrogen-bond acceptors (Lipinski definition) is 2. The van der Waals surface area contributed by atoms with Crippen LogP contribution in [0.5, 0.6) is 0 Å². The number of hydrogen-bond donors (Lipinski definition) is 2. The van der Waals surface area contributed by atoms with Gasteiger partial charge in [0.25, 0.3) is 0 Å². The third kappa shape index (κ3) is 5.61. The fourth-order valence-electron chi connectivity index (χ4n) is 1.70. The number of nitrogens with one attached hydrogen (secondary N) is 1. The molecule has 84 valence electrons. The SMILES string of the molecule is CC1(CNCCCCCCCN)CC1. The molecule has 14 heavy (non-hydrogen) atoms. The summed E-state index contributed by atoms with van der Waals surface area (Å²) in [5, 5.41) is 3.55. The molecule has 1 saturated carbocycles. The molecule has 0 spiro atoms. The van der Waals surface area contributed by atoms with E-state index in [4.69, 9.17) is 5.73 Å². The Balaban J connectivity index is 1.72. The molecular formula is C12H26N2. The summed E-state index contributed by atoms with van der Waals surface area (Å²) in [6, 6.07) is 0. The van der Waals surface area contributed by atoms with Gasteiger partial charge < -0.3 is 11.1 Å². The van der Waals surface area contributed by atoms with Gasteiger partial charge in [-0.2, -0.15) is 0 Å². The lowest BCUT2D eigenvalue weighted by molar-refractivity contribution is 0.485. The predicted molar refractivity (Wildman–Crippen MR) is 62.4 cm³/mol. The van der Waals surface area contributed by atoms with Crippen molar-refractivity contribution in [2.75, 3.05) is 19.6 Å². The van der Waals surface area contributed by atoms with E-state index in [0.717, 1.165) is 6.54 Å².